The number of aryl methyl sites for hydroxylation is 2. The van der Waals surface area contributed by atoms with Gasteiger partial charge in [-0.05, 0) is 54.3 Å². The molecule has 0 fully saturated rings. The molecule has 2 aromatic carbocycles. The molecule has 2 aromatic rings. The SMILES string of the molecule is Cc1cc(C(Cl)c2ccc(C(F)(F)F)cc2)c(C)cc1Br. The van der Waals surface area contributed by atoms with Gasteiger partial charge < -0.3 is 0 Å². The van der Waals surface area contributed by atoms with Crippen molar-refractivity contribution in [2.24, 2.45) is 0 Å². The van der Waals surface area contributed by atoms with E-state index in [-0.39, 0.29) is 0 Å². The van der Waals surface area contributed by atoms with Gasteiger partial charge in [0.25, 0.3) is 0 Å². The van der Waals surface area contributed by atoms with Crippen LogP contribution in [0.5, 0.6) is 0 Å². The van der Waals surface area contributed by atoms with Crippen LogP contribution in [-0.2, 0) is 6.18 Å². The van der Waals surface area contributed by atoms with Gasteiger partial charge in [-0.25, -0.2) is 0 Å². The van der Waals surface area contributed by atoms with Crippen molar-refractivity contribution in [2.75, 3.05) is 0 Å². The zero-order valence-corrected chi connectivity index (χ0v) is 13.8. The summed E-state index contributed by atoms with van der Waals surface area (Å²) in [5.74, 6) is 0. The molecule has 112 valence electrons. The number of rotatable bonds is 2. The van der Waals surface area contributed by atoms with Crippen molar-refractivity contribution in [3.63, 3.8) is 0 Å². The van der Waals surface area contributed by atoms with E-state index in [2.05, 4.69) is 15.9 Å². The fraction of sp³-hybridized carbons (Fsp3) is 0.250. The number of benzene rings is 2. The quantitative estimate of drug-likeness (QED) is 0.530. The van der Waals surface area contributed by atoms with Gasteiger partial charge in [0.05, 0.1) is 10.9 Å². The summed E-state index contributed by atoms with van der Waals surface area (Å²) in [6.07, 6.45) is -4.33. The van der Waals surface area contributed by atoms with Gasteiger partial charge in [-0.2, -0.15) is 13.2 Å². The second-order valence-electron chi connectivity index (χ2n) is 4.94. The van der Waals surface area contributed by atoms with Crippen molar-refractivity contribution in [1.82, 2.24) is 0 Å². The Hall–Kier alpha value is -1.00. The van der Waals surface area contributed by atoms with Crippen molar-refractivity contribution < 1.29 is 13.2 Å². The molecule has 0 nitrogen and oxygen atoms in total. The molecule has 0 saturated carbocycles. The lowest BCUT2D eigenvalue weighted by molar-refractivity contribution is -0.137. The Morgan fingerprint density at radius 2 is 1.57 bits per heavy atom. The molecule has 5 heteroatoms. The molecule has 0 N–H and O–H groups in total. The Morgan fingerprint density at radius 1 is 1.00 bits per heavy atom. The average Bonchev–Trinajstić information content (AvgIpc) is 2.41. The minimum absolute atomic E-state index is 0.473. The summed E-state index contributed by atoms with van der Waals surface area (Å²) in [5, 5.41) is -0.473. The molecule has 0 aromatic heterocycles. The van der Waals surface area contributed by atoms with Crippen LogP contribution in [0, 0.1) is 13.8 Å². The zero-order valence-electron chi connectivity index (χ0n) is 11.4. The van der Waals surface area contributed by atoms with Crippen LogP contribution in [-0.4, -0.2) is 0 Å². The molecular weight excluding hydrogens is 365 g/mol. The van der Waals surface area contributed by atoms with Crippen LogP contribution in [0.2, 0.25) is 0 Å². The highest BCUT2D eigenvalue weighted by atomic mass is 79.9. The summed E-state index contributed by atoms with van der Waals surface area (Å²) in [6.45, 7) is 3.88. The van der Waals surface area contributed by atoms with Crippen molar-refractivity contribution in [2.45, 2.75) is 25.4 Å². The molecule has 2 rings (SSSR count). The molecule has 0 aliphatic heterocycles. The third-order valence-electron chi connectivity index (χ3n) is 3.35. The molecule has 0 bridgehead atoms. The van der Waals surface area contributed by atoms with E-state index in [1.165, 1.54) is 12.1 Å². The highest BCUT2D eigenvalue weighted by Gasteiger charge is 2.30. The van der Waals surface area contributed by atoms with Crippen LogP contribution in [0.3, 0.4) is 0 Å². The summed E-state index contributed by atoms with van der Waals surface area (Å²) in [4.78, 5) is 0. The monoisotopic (exact) mass is 376 g/mol. The van der Waals surface area contributed by atoms with Crippen LogP contribution in [0.25, 0.3) is 0 Å². The second kappa shape index (κ2) is 6.01. The van der Waals surface area contributed by atoms with Crippen molar-refractivity contribution in [3.05, 3.63) is 68.7 Å². The Labute approximate surface area is 135 Å². The van der Waals surface area contributed by atoms with E-state index in [4.69, 9.17) is 11.6 Å². The molecule has 0 heterocycles. The molecule has 0 aliphatic carbocycles. The summed E-state index contributed by atoms with van der Waals surface area (Å²) in [6, 6.07) is 8.89. The maximum Gasteiger partial charge on any atom is 0.416 e. The average molecular weight is 378 g/mol. The number of alkyl halides is 4. The Kier molecular flexibility index (Phi) is 4.69. The maximum absolute atomic E-state index is 12.6. The zero-order chi connectivity index (χ0) is 15.8. The predicted molar refractivity (Wildman–Crippen MR) is 82.8 cm³/mol. The minimum Gasteiger partial charge on any atom is -0.166 e. The fourth-order valence-corrected chi connectivity index (χ4v) is 2.94. The molecular formula is C16H13BrClF3. The normalized spacial score (nSPS) is 13.3. The van der Waals surface area contributed by atoms with E-state index < -0.39 is 17.1 Å². The number of hydrogen-bond donors (Lipinski definition) is 0. The van der Waals surface area contributed by atoms with E-state index in [0.29, 0.717) is 5.56 Å². The lowest BCUT2D eigenvalue weighted by Crippen LogP contribution is -2.05. The van der Waals surface area contributed by atoms with E-state index in [9.17, 15) is 13.2 Å². The molecule has 0 aliphatic rings. The molecule has 21 heavy (non-hydrogen) atoms. The standard InChI is InChI=1S/C16H13BrClF3/c1-9-8-14(17)10(2)7-13(9)15(18)11-3-5-12(6-4-11)16(19,20)21/h3-8,15H,1-2H3. The summed E-state index contributed by atoms with van der Waals surface area (Å²) < 4.78 is 38.7. The van der Waals surface area contributed by atoms with Gasteiger partial charge in [0.15, 0.2) is 0 Å². The van der Waals surface area contributed by atoms with Gasteiger partial charge in [-0.1, -0.05) is 34.1 Å². The lowest BCUT2D eigenvalue weighted by atomic mass is 9.97. The molecule has 0 spiro atoms. The first-order valence-electron chi connectivity index (χ1n) is 6.28. The maximum atomic E-state index is 12.6. The summed E-state index contributed by atoms with van der Waals surface area (Å²) in [5.41, 5.74) is 2.91. The predicted octanol–water partition coefficient (Wildman–Crippen LogP) is 6.41. The lowest BCUT2D eigenvalue weighted by Gasteiger charge is -2.16. The van der Waals surface area contributed by atoms with Gasteiger partial charge in [-0.15, -0.1) is 11.6 Å². The van der Waals surface area contributed by atoms with Crippen molar-refractivity contribution in [3.8, 4) is 0 Å². The molecule has 1 atom stereocenters. The van der Waals surface area contributed by atoms with Gasteiger partial charge in [0.1, 0.15) is 0 Å². The van der Waals surface area contributed by atoms with E-state index >= 15 is 0 Å². The number of hydrogen-bond acceptors (Lipinski definition) is 0. The number of halogens is 5. The van der Waals surface area contributed by atoms with Crippen LogP contribution in [0.4, 0.5) is 13.2 Å². The Balaban J connectivity index is 2.36. The van der Waals surface area contributed by atoms with E-state index in [0.717, 1.165) is 33.3 Å². The van der Waals surface area contributed by atoms with Crippen molar-refractivity contribution in [1.29, 1.82) is 0 Å². The van der Waals surface area contributed by atoms with Gasteiger partial charge in [0, 0.05) is 4.47 Å². The Bertz CT molecular complexity index is 648. The van der Waals surface area contributed by atoms with Crippen LogP contribution < -0.4 is 0 Å². The van der Waals surface area contributed by atoms with Crippen LogP contribution >= 0.6 is 27.5 Å². The topological polar surface area (TPSA) is 0 Å². The fourth-order valence-electron chi connectivity index (χ4n) is 2.10. The highest BCUT2D eigenvalue weighted by Crippen LogP contribution is 2.35. The first kappa shape index (κ1) is 16.4. The van der Waals surface area contributed by atoms with Gasteiger partial charge in [-0.3, -0.25) is 0 Å². The first-order valence-corrected chi connectivity index (χ1v) is 7.51. The minimum atomic E-state index is -4.33. The molecule has 1 unspecified atom stereocenters. The first-order chi connectivity index (χ1) is 9.70. The third-order valence-corrected chi connectivity index (χ3v) is 4.69. The molecule has 0 radical (unpaired) electrons. The summed E-state index contributed by atoms with van der Waals surface area (Å²) >= 11 is 9.88. The second-order valence-corrected chi connectivity index (χ2v) is 6.23. The smallest absolute Gasteiger partial charge is 0.166 e. The van der Waals surface area contributed by atoms with E-state index in [1.807, 2.05) is 26.0 Å². The van der Waals surface area contributed by atoms with Crippen LogP contribution in [0.15, 0.2) is 40.9 Å². The summed E-state index contributed by atoms with van der Waals surface area (Å²) in [7, 11) is 0. The third kappa shape index (κ3) is 3.61. The van der Waals surface area contributed by atoms with Crippen molar-refractivity contribution >= 4 is 27.5 Å². The van der Waals surface area contributed by atoms with Gasteiger partial charge >= 0.3 is 6.18 Å². The molecule has 0 saturated heterocycles. The van der Waals surface area contributed by atoms with Gasteiger partial charge in [0.2, 0.25) is 0 Å². The van der Waals surface area contributed by atoms with E-state index in [1.54, 1.807) is 0 Å². The van der Waals surface area contributed by atoms with Crippen LogP contribution in [0.1, 0.15) is 33.2 Å². The highest BCUT2D eigenvalue weighted by molar-refractivity contribution is 9.10. The Morgan fingerprint density at radius 3 is 2.10 bits per heavy atom. The molecule has 0 amide bonds. The largest absolute Gasteiger partial charge is 0.416 e.